The number of hydrogen-bond acceptors (Lipinski definition) is 4. The summed E-state index contributed by atoms with van der Waals surface area (Å²) in [6.07, 6.45) is 1.60. The van der Waals surface area contributed by atoms with Gasteiger partial charge < -0.3 is 10.2 Å². The molecule has 1 aliphatic heterocycles. The number of rotatable bonds is 1. The third-order valence-electron chi connectivity index (χ3n) is 2.49. The monoisotopic (exact) mass is 228 g/mol. The van der Waals surface area contributed by atoms with Gasteiger partial charge >= 0.3 is 0 Å². The second-order valence-corrected chi connectivity index (χ2v) is 4.08. The molecule has 0 spiro atoms. The van der Waals surface area contributed by atoms with Crippen LogP contribution in [0.2, 0.25) is 5.02 Å². The molecule has 1 aromatic rings. The fraction of sp³-hybridized carbons (Fsp3) is 0.556. The summed E-state index contributed by atoms with van der Waals surface area (Å²) in [5, 5.41) is 9.62. The largest absolute Gasteiger partial charge is 0.366 e. The normalized spacial score (nSPS) is 21.7. The molecule has 82 valence electrons. The highest BCUT2D eigenvalue weighted by Crippen LogP contribution is 2.21. The summed E-state index contributed by atoms with van der Waals surface area (Å²) < 4.78 is 0. The van der Waals surface area contributed by atoms with Crippen LogP contribution >= 0.6 is 11.6 Å². The summed E-state index contributed by atoms with van der Waals surface area (Å²) in [6, 6.07) is 0.397. The van der Waals surface area contributed by atoms with Crippen molar-refractivity contribution in [3.8, 4) is 0 Å². The number of nitrogens with one attached hydrogen (secondary N) is 2. The molecule has 0 radical (unpaired) electrons. The van der Waals surface area contributed by atoms with Crippen LogP contribution in [-0.2, 0) is 0 Å². The van der Waals surface area contributed by atoms with Crippen LogP contribution < -0.4 is 15.8 Å². The Labute approximate surface area is 92.4 Å². The minimum Gasteiger partial charge on any atom is -0.366 e. The maximum atomic E-state index is 11.3. The SMILES string of the molecule is C[C@H]1CN(c2cn[nH]c(=O)c2Cl)CCN1. The number of hydrogen-bond donors (Lipinski definition) is 2. The molecule has 1 aromatic heterocycles. The molecule has 0 aromatic carbocycles. The lowest BCUT2D eigenvalue weighted by molar-refractivity contribution is 0.484. The van der Waals surface area contributed by atoms with Crippen LogP contribution in [0.4, 0.5) is 5.69 Å². The molecule has 0 saturated carbocycles. The molecule has 1 saturated heterocycles. The molecule has 1 fully saturated rings. The van der Waals surface area contributed by atoms with E-state index >= 15 is 0 Å². The van der Waals surface area contributed by atoms with Crippen LogP contribution in [-0.4, -0.2) is 35.9 Å². The van der Waals surface area contributed by atoms with Crippen molar-refractivity contribution in [2.24, 2.45) is 0 Å². The van der Waals surface area contributed by atoms with Gasteiger partial charge in [-0.1, -0.05) is 11.6 Å². The Morgan fingerprint density at radius 2 is 2.47 bits per heavy atom. The number of aromatic nitrogens is 2. The van der Waals surface area contributed by atoms with Gasteiger partial charge in [0.05, 0.1) is 11.9 Å². The second kappa shape index (κ2) is 4.20. The van der Waals surface area contributed by atoms with E-state index in [0.29, 0.717) is 11.7 Å². The van der Waals surface area contributed by atoms with Crippen molar-refractivity contribution < 1.29 is 0 Å². The Morgan fingerprint density at radius 1 is 1.67 bits per heavy atom. The zero-order valence-corrected chi connectivity index (χ0v) is 9.21. The topological polar surface area (TPSA) is 61.0 Å². The van der Waals surface area contributed by atoms with Gasteiger partial charge in [-0.05, 0) is 6.92 Å². The molecular formula is C9H13ClN4O. The van der Waals surface area contributed by atoms with Crippen LogP contribution in [0.1, 0.15) is 6.92 Å². The van der Waals surface area contributed by atoms with Gasteiger partial charge in [0.2, 0.25) is 0 Å². The second-order valence-electron chi connectivity index (χ2n) is 3.70. The summed E-state index contributed by atoms with van der Waals surface area (Å²) in [7, 11) is 0. The molecule has 2 heterocycles. The van der Waals surface area contributed by atoms with Gasteiger partial charge in [0.15, 0.2) is 0 Å². The summed E-state index contributed by atoms with van der Waals surface area (Å²) >= 11 is 5.93. The number of nitrogens with zero attached hydrogens (tertiary/aromatic N) is 2. The lowest BCUT2D eigenvalue weighted by atomic mass is 10.2. The van der Waals surface area contributed by atoms with Gasteiger partial charge in [0.25, 0.3) is 5.56 Å². The van der Waals surface area contributed by atoms with Crippen LogP contribution in [0.5, 0.6) is 0 Å². The standard InChI is InChI=1S/C9H13ClN4O/c1-6-5-14(3-2-11-6)7-4-12-13-9(15)8(7)10/h4,6,11H,2-3,5H2,1H3,(H,13,15)/t6-/m0/s1. The van der Waals surface area contributed by atoms with E-state index < -0.39 is 0 Å². The van der Waals surface area contributed by atoms with Gasteiger partial charge in [-0.25, -0.2) is 5.10 Å². The van der Waals surface area contributed by atoms with Crippen LogP contribution in [0.25, 0.3) is 0 Å². The van der Waals surface area contributed by atoms with Gasteiger partial charge in [0.1, 0.15) is 5.02 Å². The fourth-order valence-electron chi connectivity index (χ4n) is 1.75. The van der Waals surface area contributed by atoms with Crippen molar-refractivity contribution in [2.75, 3.05) is 24.5 Å². The minimum absolute atomic E-state index is 0.221. The number of halogens is 1. The van der Waals surface area contributed by atoms with Crippen molar-refractivity contribution in [1.29, 1.82) is 0 Å². The molecular weight excluding hydrogens is 216 g/mol. The molecule has 0 aliphatic carbocycles. The van der Waals surface area contributed by atoms with Crippen molar-refractivity contribution >= 4 is 17.3 Å². The first kappa shape index (κ1) is 10.4. The van der Waals surface area contributed by atoms with E-state index in [9.17, 15) is 4.79 Å². The Kier molecular flexibility index (Phi) is 2.93. The molecule has 2 rings (SSSR count). The maximum absolute atomic E-state index is 11.3. The summed E-state index contributed by atoms with van der Waals surface area (Å²) in [6.45, 7) is 4.67. The number of piperazine rings is 1. The van der Waals surface area contributed by atoms with Crippen molar-refractivity contribution in [3.05, 3.63) is 21.6 Å². The van der Waals surface area contributed by atoms with Gasteiger partial charge in [0, 0.05) is 25.7 Å². The van der Waals surface area contributed by atoms with Gasteiger partial charge in [-0.3, -0.25) is 4.79 Å². The molecule has 15 heavy (non-hydrogen) atoms. The molecule has 0 unspecified atom stereocenters. The van der Waals surface area contributed by atoms with E-state index in [1.807, 2.05) is 0 Å². The van der Waals surface area contributed by atoms with E-state index in [2.05, 4.69) is 27.3 Å². The van der Waals surface area contributed by atoms with E-state index in [1.54, 1.807) is 6.20 Å². The zero-order chi connectivity index (χ0) is 10.8. The van der Waals surface area contributed by atoms with E-state index in [0.717, 1.165) is 19.6 Å². The Morgan fingerprint density at radius 3 is 3.20 bits per heavy atom. The highest BCUT2D eigenvalue weighted by atomic mass is 35.5. The molecule has 1 atom stereocenters. The first-order valence-electron chi connectivity index (χ1n) is 4.90. The fourth-order valence-corrected chi connectivity index (χ4v) is 1.96. The molecule has 2 N–H and O–H groups in total. The summed E-state index contributed by atoms with van der Waals surface area (Å²) in [4.78, 5) is 13.3. The van der Waals surface area contributed by atoms with Gasteiger partial charge in [-0.15, -0.1) is 0 Å². The molecule has 0 bridgehead atoms. The third kappa shape index (κ3) is 2.13. The van der Waals surface area contributed by atoms with Crippen LogP contribution in [0.15, 0.2) is 11.0 Å². The Bertz CT molecular complexity index is 405. The van der Waals surface area contributed by atoms with Crippen molar-refractivity contribution in [2.45, 2.75) is 13.0 Å². The Balaban J connectivity index is 2.28. The zero-order valence-electron chi connectivity index (χ0n) is 8.46. The molecule has 0 amide bonds. The lowest BCUT2D eigenvalue weighted by Crippen LogP contribution is -2.49. The quantitative estimate of drug-likeness (QED) is 0.722. The predicted molar refractivity (Wildman–Crippen MR) is 59.5 cm³/mol. The van der Waals surface area contributed by atoms with Gasteiger partial charge in [-0.2, -0.15) is 5.10 Å². The Hall–Kier alpha value is -1.07. The summed E-state index contributed by atoms with van der Waals surface area (Å²) in [5.74, 6) is 0. The smallest absolute Gasteiger partial charge is 0.285 e. The third-order valence-corrected chi connectivity index (χ3v) is 2.85. The predicted octanol–water partition coefficient (Wildman–Crippen LogP) is 0.221. The highest BCUT2D eigenvalue weighted by molar-refractivity contribution is 6.32. The maximum Gasteiger partial charge on any atom is 0.285 e. The van der Waals surface area contributed by atoms with E-state index in [4.69, 9.17) is 11.6 Å². The van der Waals surface area contributed by atoms with Crippen molar-refractivity contribution in [1.82, 2.24) is 15.5 Å². The number of anilines is 1. The molecule has 5 nitrogen and oxygen atoms in total. The summed E-state index contributed by atoms with van der Waals surface area (Å²) in [5.41, 5.74) is 0.383. The first-order valence-corrected chi connectivity index (χ1v) is 5.28. The average Bonchev–Trinajstić information content (AvgIpc) is 2.22. The van der Waals surface area contributed by atoms with Crippen LogP contribution in [0, 0.1) is 0 Å². The highest BCUT2D eigenvalue weighted by Gasteiger charge is 2.19. The number of H-pyrrole nitrogens is 1. The van der Waals surface area contributed by atoms with Crippen LogP contribution in [0.3, 0.4) is 0 Å². The molecule has 6 heteroatoms. The van der Waals surface area contributed by atoms with Crippen molar-refractivity contribution in [3.63, 3.8) is 0 Å². The van der Waals surface area contributed by atoms with E-state index in [-0.39, 0.29) is 10.6 Å². The lowest BCUT2D eigenvalue weighted by Gasteiger charge is -2.33. The molecule has 1 aliphatic rings. The minimum atomic E-state index is -0.333. The van der Waals surface area contributed by atoms with E-state index in [1.165, 1.54) is 0 Å². The first-order chi connectivity index (χ1) is 7.18. The average molecular weight is 229 g/mol. The number of aromatic amines is 1.